The predicted molar refractivity (Wildman–Crippen MR) is 85.5 cm³/mol. The molecule has 0 bridgehead atoms. The van der Waals surface area contributed by atoms with Crippen molar-refractivity contribution < 1.29 is 4.74 Å². The third-order valence-electron chi connectivity index (χ3n) is 2.95. The van der Waals surface area contributed by atoms with Crippen molar-refractivity contribution in [1.29, 1.82) is 0 Å². The molecular formula is C15H15Br2NO. The van der Waals surface area contributed by atoms with Gasteiger partial charge < -0.3 is 10.5 Å². The van der Waals surface area contributed by atoms with E-state index >= 15 is 0 Å². The van der Waals surface area contributed by atoms with E-state index in [1.54, 1.807) is 7.11 Å². The molecule has 2 rings (SSSR count). The molecule has 4 heteroatoms. The van der Waals surface area contributed by atoms with Gasteiger partial charge in [0, 0.05) is 10.5 Å². The van der Waals surface area contributed by atoms with Gasteiger partial charge in [0.25, 0.3) is 0 Å². The van der Waals surface area contributed by atoms with Crippen LogP contribution >= 0.6 is 31.9 Å². The zero-order chi connectivity index (χ0) is 13.8. The first-order valence-corrected chi connectivity index (χ1v) is 7.52. The molecule has 1 unspecified atom stereocenters. The lowest BCUT2D eigenvalue weighted by molar-refractivity contribution is 0.412. The summed E-state index contributed by atoms with van der Waals surface area (Å²) >= 11 is 6.96. The van der Waals surface area contributed by atoms with Gasteiger partial charge in [-0.3, -0.25) is 0 Å². The molecule has 0 spiro atoms. The Kier molecular flexibility index (Phi) is 5.02. The highest BCUT2D eigenvalue weighted by molar-refractivity contribution is 9.10. The summed E-state index contributed by atoms with van der Waals surface area (Å²) < 4.78 is 7.23. The molecular weight excluding hydrogens is 370 g/mol. The van der Waals surface area contributed by atoms with E-state index in [0.29, 0.717) is 0 Å². The van der Waals surface area contributed by atoms with Crippen molar-refractivity contribution in [3.8, 4) is 5.75 Å². The minimum Gasteiger partial charge on any atom is -0.496 e. The first-order valence-electron chi connectivity index (χ1n) is 5.93. The Labute approximate surface area is 130 Å². The monoisotopic (exact) mass is 383 g/mol. The van der Waals surface area contributed by atoms with Crippen LogP contribution in [0, 0.1) is 0 Å². The topological polar surface area (TPSA) is 35.2 Å². The Morgan fingerprint density at radius 3 is 2.58 bits per heavy atom. The van der Waals surface area contributed by atoms with Crippen molar-refractivity contribution in [3.63, 3.8) is 0 Å². The Morgan fingerprint density at radius 1 is 1.16 bits per heavy atom. The van der Waals surface area contributed by atoms with Gasteiger partial charge in [0.1, 0.15) is 5.75 Å². The number of ether oxygens (including phenoxy) is 1. The zero-order valence-corrected chi connectivity index (χ0v) is 13.7. The van der Waals surface area contributed by atoms with E-state index in [0.717, 1.165) is 26.7 Å². The van der Waals surface area contributed by atoms with E-state index in [1.165, 1.54) is 5.56 Å². The SMILES string of the molecule is COc1ccc(CC(N)c2cccc(Br)c2)cc1Br. The molecule has 100 valence electrons. The fraction of sp³-hybridized carbons (Fsp3) is 0.200. The van der Waals surface area contributed by atoms with Gasteiger partial charge in [-0.05, 0) is 57.7 Å². The molecule has 0 amide bonds. The number of rotatable bonds is 4. The van der Waals surface area contributed by atoms with Crippen LogP contribution in [0.15, 0.2) is 51.4 Å². The lowest BCUT2D eigenvalue weighted by atomic mass is 10.00. The van der Waals surface area contributed by atoms with E-state index in [9.17, 15) is 0 Å². The van der Waals surface area contributed by atoms with Crippen LogP contribution in [0.2, 0.25) is 0 Å². The molecule has 2 aromatic rings. The van der Waals surface area contributed by atoms with E-state index < -0.39 is 0 Å². The number of halogens is 2. The second-order valence-corrected chi connectivity index (χ2v) is 6.10. The van der Waals surface area contributed by atoms with Crippen molar-refractivity contribution in [2.45, 2.75) is 12.5 Å². The van der Waals surface area contributed by atoms with Crippen molar-refractivity contribution in [2.75, 3.05) is 7.11 Å². The number of methoxy groups -OCH3 is 1. The average molecular weight is 385 g/mol. The van der Waals surface area contributed by atoms with Gasteiger partial charge >= 0.3 is 0 Å². The third-order valence-corrected chi connectivity index (χ3v) is 4.06. The highest BCUT2D eigenvalue weighted by Crippen LogP contribution is 2.27. The van der Waals surface area contributed by atoms with Crippen LogP contribution in [0.1, 0.15) is 17.2 Å². The molecule has 2 N–H and O–H groups in total. The summed E-state index contributed by atoms with van der Waals surface area (Å²) in [6.07, 6.45) is 0.791. The van der Waals surface area contributed by atoms with E-state index in [2.05, 4.69) is 44.0 Å². The number of hydrogen-bond acceptors (Lipinski definition) is 2. The molecule has 0 saturated heterocycles. The quantitative estimate of drug-likeness (QED) is 0.844. The minimum atomic E-state index is -0.0159. The van der Waals surface area contributed by atoms with Gasteiger partial charge in [0.15, 0.2) is 0 Å². The van der Waals surface area contributed by atoms with Crippen molar-refractivity contribution in [2.24, 2.45) is 5.73 Å². The predicted octanol–water partition coefficient (Wildman–Crippen LogP) is 4.46. The Balaban J connectivity index is 2.14. The van der Waals surface area contributed by atoms with Crippen molar-refractivity contribution in [1.82, 2.24) is 0 Å². The van der Waals surface area contributed by atoms with Crippen LogP contribution in [-0.2, 0) is 6.42 Å². The number of hydrogen-bond donors (Lipinski definition) is 1. The van der Waals surface area contributed by atoms with Crippen LogP contribution in [0.4, 0.5) is 0 Å². The molecule has 0 saturated carbocycles. The first kappa shape index (κ1) is 14.6. The smallest absolute Gasteiger partial charge is 0.133 e. The maximum Gasteiger partial charge on any atom is 0.133 e. The normalized spacial score (nSPS) is 12.2. The molecule has 2 aromatic carbocycles. The molecule has 19 heavy (non-hydrogen) atoms. The maximum absolute atomic E-state index is 6.25. The summed E-state index contributed by atoms with van der Waals surface area (Å²) in [5, 5.41) is 0. The van der Waals surface area contributed by atoms with Gasteiger partial charge in [-0.15, -0.1) is 0 Å². The van der Waals surface area contributed by atoms with Gasteiger partial charge in [0.2, 0.25) is 0 Å². The zero-order valence-electron chi connectivity index (χ0n) is 10.6. The molecule has 0 aliphatic rings. The molecule has 0 heterocycles. The summed E-state index contributed by atoms with van der Waals surface area (Å²) in [5.74, 6) is 0.833. The molecule has 2 nitrogen and oxygen atoms in total. The van der Waals surface area contributed by atoms with Crippen LogP contribution in [0.3, 0.4) is 0 Å². The highest BCUT2D eigenvalue weighted by Gasteiger charge is 2.09. The van der Waals surface area contributed by atoms with E-state index in [-0.39, 0.29) is 6.04 Å². The largest absolute Gasteiger partial charge is 0.496 e. The van der Waals surface area contributed by atoms with Crippen LogP contribution in [0.5, 0.6) is 5.75 Å². The lowest BCUT2D eigenvalue weighted by Gasteiger charge is -2.13. The molecule has 0 fully saturated rings. The number of nitrogens with two attached hydrogens (primary N) is 1. The van der Waals surface area contributed by atoms with Gasteiger partial charge in [-0.2, -0.15) is 0 Å². The second kappa shape index (κ2) is 6.55. The second-order valence-electron chi connectivity index (χ2n) is 4.33. The third kappa shape index (κ3) is 3.81. The van der Waals surface area contributed by atoms with Crippen LogP contribution in [0.25, 0.3) is 0 Å². The Bertz CT molecular complexity index is 572. The summed E-state index contributed by atoms with van der Waals surface area (Å²) in [5.41, 5.74) is 8.56. The van der Waals surface area contributed by atoms with Crippen molar-refractivity contribution in [3.05, 3.63) is 62.5 Å². The fourth-order valence-corrected chi connectivity index (χ4v) is 2.95. The van der Waals surface area contributed by atoms with Crippen molar-refractivity contribution >= 4 is 31.9 Å². The lowest BCUT2D eigenvalue weighted by Crippen LogP contribution is -2.13. The van der Waals surface area contributed by atoms with Crippen LogP contribution < -0.4 is 10.5 Å². The van der Waals surface area contributed by atoms with Crippen LogP contribution in [-0.4, -0.2) is 7.11 Å². The Morgan fingerprint density at radius 2 is 1.95 bits per heavy atom. The molecule has 0 aliphatic heterocycles. The van der Waals surface area contributed by atoms with Gasteiger partial charge in [0.05, 0.1) is 11.6 Å². The highest BCUT2D eigenvalue weighted by atomic mass is 79.9. The van der Waals surface area contributed by atoms with Gasteiger partial charge in [-0.25, -0.2) is 0 Å². The average Bonchev–Trinajstić information content (AvgIpc) is 2.39. The molecule has 0 aromatic heterocycles. The van der Waals surface area contributed by atoms with E-state index in [1.807, 2.05) is 30.3 Å². The summed E-state index contributed by atoms with van der Waals surface area (Å²) in [7, 11) is 1.66. The van der Waals surface area contributed by atoms with Gasteiger partial charge in [-0.1, -0.05) is 34.1 Å². The first-order chi connectivity index (χ1) is 9.10. The maximum atomic E-state index is 6.25. The molecule has 0 aliphatic carbocycles. The Hall–Kier alpha value is -0.840. The standard InChI is InChI=1S/C15H15Br2NO/c1-19-15-6-5-10(7-13(15)17)8-14(18)11-3-2-4-12(16)9-11/h2-7,9,14H,8,18H2,1H3. The molecule has 1 atom stereocenters. The summed E-state index contributed by atoms with van der Waals surface area (Å²) in [6.45, 7) is 0. The minimum absolute atomic E-state index is 0.0159. The van der Waals surface area contributed by atoms with E-state index in [4.69, 9.17) is 10.5 Å². The number of benzene rings is 2. The molecule has 0 radical (unpaired) electrons. The summed E-state index contributed by atoms with van der Waals surface area (Å²) in [6, 6.07) is 14.1. The fourth-order valence-electron chi connectivity index (χ4n) is 1.95. The summed E-state index contributed by atoms with van der Waals surface area (Å²) in [4.78, 5) is 0.